The minimum absolute atomic E-state index is 0.200. The standard InChI is InChI=1S/C25H32F2O5/c1-4-5-6-7-8-12-18(28)32-25-14-13-15(24(25,2)3)19(23(25)31)21(29)22(30)20-16(26)10-9-11-17(20)27/h9-11,15,19,21,29H,4-8,12-14H2,1-3H3/t15?,19?,21?,25-/m0/s1. The van der Waals surface area contributed by atoms with Gasteiger partial charge in [0.15, 0.2) is 17.2 Å². The second kappa shape index (κ2) is 9.38. The Balaban J connectivity index is 1.78. The van der Waals surface area contributed by atoms with Crippen LogP contribution in [-0.2, 0) is 14.3 Å². The van der Waals surface area contributed by atoms with Crippen LogP contribution >= 0.6 is 0 Å². The maximum absolute atomic E-state index is 14.1. The number of fused-ring (bicyclic) bond motifs is 2. The summed E-state index contributed by atoms with van der Waals surface area (Å²) in [6.07, 6.45) is 3.88. The molecule has 2 bridgehead atoms. The van der Waals surface area contributed by atoms with Crippen LogP contribution in [0, 0.1) is 28.9 Å². The Kier molecular flexibility index (Phi) is 7.18. The van der Waals surface area contributed by atoms with Crippen molar-refractivity contribution < 1.29 is 33.0 Å². The van der Waals surface area contributed by atoms with Crippen LogP contribution < -0.4 is 0 Å². The van der Waals surface area contributed by atoms with Crippen molar-refractivity contribution in [2.75, 3.05) is 0 Å². The topological polar surface area (TPSA) is 80.7 Å². The summed E-state index contributed by atoms with van der Waals surface area (Å²) in [4.78, 5) is 38.8. The van der Waals surface area contributed by atoms with Gasteiger partial charge in [0.2, 0.25) is 0 Å². The summed E-state index contributed by atoms with van der Waals surface area (Å²) in [5.74, 6) is -5.97. The van der Waals surface area contributed by atoms with E-state index in [1.807, 2.05) is 0 Å². The molecular formula is C25H32F2O5. The van der Waals surface area contributed by atoms with Gasteiger partial charge in [-0.25, -0.2) is 8.78 Å². The smallest absolute Gasteiger partial charge is 0.306 e. The number of rotatable bonds is 10. The first-order valence-corrected chi connectivity index (χ1v) is 11.5. The molecule has 0 amide bonds. The molecule has 1 N–H and O–H groups in total. The number of Topliss-reactive ketones (excluding diaryl/α,β-unsaturated/α-hetero) is 2. The van der Waals surface area contributed by atoms with Crippen molar-refractivity contribution in [3.8, 4) is 0 Å². The van der Waals surface area contributed by atoms with Gasteiger partial charge in [-0.05, 0) is 37.3 Å². The summed E-state index contributed by atoms with van der Waals surface area (Å²) in [6.45, 7) is 5.68. The second-order valence-corrected chi connectivity index (χ2v) is 9.63. The van der Waals surface area contributed by atoms with Gasteiger partial charge >= 0.3 is 5.97 Å². The van der Waals surface area contributed by atoms with Crippen molar-refractivity contribution in [1.82, 2.24) is 0 Å². The number of halogens is 2. The first-order valence-electron chi connectivity index (χ1n) is 11.5. The Labute approximate surface area is 187 Å². The zero-order valence-corrected chi connectivity index (χ0v) is 19.0. The number of hydrogen-bond donors (Lipinski definition) is 1. The average Bonchev–Trinajstić information content (AvgIpc) is 3.06. The van der Waals surface area contributed by atoms with Crippen LogP contribution in [0.1, 0.15) is 82.5 Å². The quantitative estimate of drug-likeness (QED) is 0.315. The summed E-state index contributed by atoms with van der Waals surface area (Å²) in [5, 5.41) is 10.8. The van der Waals surface area contributed by atoms with Crippen molar-refractivity contribution in [3.05, 3.63) is 35.4 Å². The second-order valence-electron chi connectivity index (χ2n) is 9.63. The summed E-state index contributed by atoms with van der Waals surface area (Å²) >= 11 is 0. The largest absolute Gasteiger partial charge is 0.450 e. The van der Waals surface area contributed by atoms with Crippen LogP contribution in [-0.4, -0.2) is 34.3 Å². The van der Waals surface area contributed by atoms with Crippen molar-refractivity contribution in [2.45, 2.75) is 83.8 Å². The highest BCUT2D eigenvalue weighted by Gasteiger charge is 2.72. The van der Waals surface area contributed by atoms with Gasteiger partial charge in [0.1, 0.15) is 17.7 Å². The molecule has 1 aromatic rings. The molecule has 0 saturated heterocycles. The molecule has 2 aliphatic carbocycles. The minimum Gasteiger partial charge on any atom is -0.450 e. The number of ether oxygens (including phenoxy) is 1. The van der Waals surface area contributed by atoms with Gasteiger partial charge in [-0.1, -0.05) is 52.5 Å². The molecule has 3 unspecified atom stereocenters. The molecule has 0 radical (unpaired) electrons. The van der Waals surface area contributed by atoms with E-state index in [-0.39, 0.29) is 6.42 Å². The van der Waals surface area contributed by atoms with E-state index in [9.17, 15) is 28.3 Å². The molecule has 2 saturated carbocycles. The Hall–Kier alpha value is -2.15. The number of ketones is 2. The number of carbonyl (C=O) groups excluding carboxylic acids is 3. The molecule has 0 aromatic heterocycles. The zero-order valence-electron chi connectivity index (χ0n) is 19.0. The Morgan fingerprint density at radius 2 is 1.78 bits per heavy atom. The highest BCUT2D eigenvalue weighted by Crippen LogP contribution is 2.63. The predicted molar refractivity (Wildman–Crippen MR) is 114 cm³/mol. The van der Waals surface area contributed by atoms with Crippen LogP contribution in [0.2, 0.25) is 0 Å². The van der Waals surface area contributed by atoms with Gasteiger partial charge in [-0.15, -0.1) is 0 Å². The molecule has 3 rings (SSSR count). The number of hydrogen-bond acceptors (Lipinski definition) is 5. The molecular weight excluding hydrogens is 418 g/mol. The van der Waals surface area contributed by atoms with E-state index in [0.717, 1.165) is 43.9 Å². The van der Waals surface area contributed by atoms with Crippen molar-refractivity contribution in [2.24, 2.45) is 17.3 Å². The van der Waals surface area contributed by atoms with Gasteiger partial charge in [-0.3, -0.25) is 14.4 Å². The van der Waals surface area contributed by atoms with Crippen LogP contribution in [0.4, 0.5) is 8.78 Å². The fourth-order valence-corrected chi connectivity index (χ4v) is 5.62. The first kappa shape index (κ1) is 24.5. The summed E-state index contributed by atoms with van der Waals surface area (Å²) in [6, 6.07) is 2.98. The normalized spacial score (nSPS) is 26.9. The van der Waals surface area contributed by atoms with Crippen molar-refractivity contribution in [1.29, 1.82) is 0 Å². The first-order chi connectivity index (χ1) is 15.1. The molecule has 0 spiro atoms. The van der Waals surface area contributed by atoms with E-state index in [4.69, 9.17) is 4.74 Å². The van der Waals surface area contributed by atoms with Crippen molar-refractivity contribution in [3.63, 3.8) is 0 Å². The maximum atomic E-state index is 14.1. The third kappa shape index (κ3) is 4.00. The minimum atomic E-state index is -1.91. The van der Waals surface area contributed by atoms with Gasteiger partial charge < -0.3 is 9.84 Å². The van der Waals surface area contributed by atoms with E-state index in [1.54, 1.807) is 13.8 Å². The lowest BCUT2D eigenvalue weighted by Gasteiger charge is -2.35. The third-order valence-corrected chi connectivity index (χ3v) is 7.50. The van der Waals surface area contributed by atoms with Crippen LogP contribution in [0.25, 0.3) is 0 Å². The SMILES string of the molecule is CCCCCCCC(=O)O[C@@]12CCC(C(C(O)C(=O)c3c(F)cccc3F)C1=O)C2(C)C. The van der Waals surface area contributed by atoms with Gasteiger partial charge in [0, 0.05) is 11.8 Å². The monoisotopic (exact) mass is 450 g/mol. The van der Waals surface area contributed by atoms with Crippen LogP contribution in [0.5, 0.6) is 0 Å². The number of esters is 1. The molecule has 32 heavy (non-hydrogen) atoms. The number of unbranched alkanes of at least 4 members (excludes halogenated alkanes) is 4. The lowest BCUT2D eigenvalue weighted by Crippen LogP contribution is -2.50. The van der Waals surface area contributed by atoms with Gasteiger partial charge in [0.05, 0.1) is 11.5 Å². The fraction of sp³-hybridized carbons (Fsp3) is 0.640. The fourth-order valence-electron chi connectivity index (χ4n) is 5.62. The summed E-state index contributed by atoms with van der Waals surface area (Å²) < 4.78 is 34.0. The molecule has 176 valence electrons. The third-order valence-electron chi connectivity index (χ3n) is 7.50. The predicted octanol–water partition coefficient (Wildman–Crippen LogP) is 4.79. The summed E-state index contributed by atoms with van der Waals surface area (Å²) in [7, 11) is 0. The molecule has 0 heterocycles. The average molecular weight is 451 g/mol. The van der Waals surface area contributed by atoms with Crippen LogP contribution in [0.15, 0.2) is 18.2 Å². The molecule has 7 heteroatoms. The van der Waals surface area contributed by atoms with Crippen molar-refractivity contribution >= 4 is 17.5 Å². The Morgan fingerprint density at radius 1 is 1.16 bits per heavy atom. The number of aliphatic hydroxyl groups excluding tert-OH is 1. The molecule has 4 atom stereocenters. The van der Waals surface area contributed by atoms with Crippen LogP contribution in [0.3, 0.4) is 0 Å². The van der Waals surface area contributed by atoms with E-state index in [2.05, 4.69) is 6.92 Å². The highest BCUT2D eigenvalue weighted by molar-refractivity contribution is 6.06. The number of carbonyl (C=O) groups is 3. The highest BCUT2D eigenvalue weighted by atomic mass is 19.1. The lowest BCUT2D eigenvalue weighted by molar-refractivity contribution is -0.175. The molecule has 2 aliphatic rings. The molecule has 2 fully saturated rings. The van der Waals surface area contributed by atoms with Gasteiger partial charge in [-0.2, -0.15) is 0 Å². The van der Waals surface area contributed by atoms with E-state index < -0.39 is 63.7 Å². The summed E-state index contributed by atoms with van der Waals surface area (Å²) in [5.41, 5.74) is -3.09. The van der Waals surface area contributed by atoms with Gasteiger partial charge in [0.25, 0.3) is 0 Å². The maximum Gasteiger partial charge on any atom is 0.306 e. The Morgan fingerprint density at radius 3 is 2.41 bits per heavy atom. The Bertz CT molecular complexity index is 876. The number of aliphatic hydroxyl groups is 1. The molecule has 5 nitrogen and oxygen atoms in total. The number of benzene rings is 1. The van der Waals surface area contributed by atoms with E-state index in [0.29, 0.717) is 19.3 Å². The lowest BCUT2D eigenvalue weighted by atomic mass is 9.76. The molecule has 1 aromatic carbocycles. The van der Waals surface area contributed by atoms with E-state index >= 15 is 0 Å². The zero-order chi connectivity index (χ0) is 23.7. The molecule has 0 aliphatic heterocycles. The van der Waals surface area contributed by atoms with E-state index in [1.165, 1.54) is 0 Å².